The van der Waals surface area contributed by atoms with Gasteiger partial charge in [0.05, 0.1) is 5.69 Å². The van der Waals surface area contributed by atoms with Crippen LogP contribution in [0, 0.1) is 0 Å². The summed E-state index contributed by atoms with van der Waals surface area (Å²) in [6.07, 6.45) is 2.02. The average molecular weight is 185 g/mol. The maximum atomic E-state index is 5.85. The molecule has 1 heterocycles. The van der Waals surface area contributed by atoms with Crippen molar-refractivity contribution in [2.24, 2.45) is 5.73 Å². The lowest BCUT2D eigenvalue weighted by atomic mass is 10.1. The zero-order chi connectivity index (χ0) is 8.97. The Hall–Kier alpha value is -0.600. The molecule has 0 spiro atoms. The SMILES string of the molecule is CCCC(N)c1cccc(Cl)n1. The fourth-order valence-corrected chi connectivity index (χ4v) is 1.26. The number of hydrogen-bond donors (Lipinski definition) is 1. The van der Waals surface area contributed by atoms with E-state index >= 15 is 0 Å². The van der Waals surface area contributed by atoms with Gasteiger partial charge in [0.15, 0.2) is 0 Å². The summed E-state index contributed by atoms with van der Waals surface area (Å²) in [6, 6.07) is 5.56. The second kappa shape index (κ2) is 4.43. The van der Waals surface area contributed by atoms with Gasteiger partial charge in [-0.1, -0.05) is 31.0 Å². The normalized spacial score (nSPS) is 12.9. The van der Waals surface area contributed by atoms with E-state index in [-0.39, 0.29) is 6.04 Å². The first-order valence-electron chi connectivity index (χ1n) is 4.12. The van der Waals surface area contributed by atoms with Crippen LogP contribution in [0.2, 0.25) is 5.15 Å². The summed E-state index contributed by atoms with van der Waals surface area (Å²) < 4.78 is 0. The van der Waals surface area contributed by atoms with E-state index in [0.717, 1.165) is 18.5 Å². The van der Waals surface area contributed by atoms with Crippen LogP contribution < -0.4 is 5.73 Å². The standard InChI is InChI=1S/C9H13ClN2/c1-2-4-7(11)8-5-3-6-9(10)12-8/h3,5-7H,2,4,11H2,1H3. The van der Waals surface area contributed by atoms with E-state index in [4.69, 9.17) is 17.3 Å². The minimum atomic E-state index is 0.0219. The van der Waals surface area contributed by atoms with Crippen molar-refractivity contribution in [2.75, 3.05) is 0 Å². The summed E-state index contributed by atoms with van der Waals surface area (Å²) in [5.41, 5.74) is 6.73. The third kappa shape index (κ3) is 2.47. The van der Waals surface area contributed by atoms with Crippen LogP contribution in [0.5, 0.6) is 0 Å². The van der Waals surface area contributed by atoms with Crippen molar-refractivity contribution < 1.29 is 0 Å². The molecular weight excluding hydrogens is 172 g/mol. The van der Waals surface area contributed by atoms with Crippen molar-refractivity contribution in [3.63, 3.8) is 0 Å². The van der Waals surface area contributed by atoms with Crippen LogP contribution in [0.1, 0.15) is 31.5 Å². The Morgan fingerprint density at radius 2 is 2.33 bits per heavy atom. The fraction of sp³-hybridized carbons (Fsp3) is 0.444. The smallest absolute Gasteiger partial charge is 0.129 e. The molecular formula is C9H13ClN2. The summed E-state index contributed by atoms with van der Waals surface area (Å²) in [5.74, 6) is 0. The molecule has 1 aromatic heterocycles. The minimum absolute atomic E-state index is 0.0219. The van der Waals surface area contributed by atoms with E-state index in [9.17, 15) is 0 Å². The Balaban J connectivity index is 2.73. The molecule has 1 rings (SSSR count). The lowest BCUT2D eigenvalue weighted by Gasteiger charge is -2.08. The Labute approximate surface area is 77.8 Å². The van der Waals surface area contributed by atoms with Crippen molar-refractivity contribution in [3.05, 3.63) is 29.0 Å². The molecule has 2 nitrogen and oxygen atoms in total. The van der Waals surface area contributed by atoms with Gasteiger partial charge in [-0.05, 0) is 18.6 Å². The van der Waals surface area contributed by atoms with Crippen LogP contribution in [0.3, 0.4) is 0 Å². The molecule has 12 heavy (non-hydrogen) atoms. The van der Waals surface area contributed by atoms with Gasteiger partial charge < -0.3 is 5.73 Å². The Morgan fingerprint density at radius 3 is 2.92 bits per heavy atom. The predicted octanol–water partition coefficient (Wildman–Crippen LogP) is 2.53. The van der Waals surface area contributed by atoms with Crippen LogP contribution in [0.4, 0.5) is 0 Å². The van der Waals surface area contributed by atoms with Crippen LogP contribution in [-0.2, 0) is 0 Å². The third-order valence-electron chi connectivity index (χ3n) is 1.72. The van der Waals surface area contributed by atoms with Crippen molar-refractivity contribution in [3.8, 4) is 0 Å². The number of nitrogens with zero attached hydrogens (tertiary/aromatic N) is 1. The zero-order valence-electron chi connectivity index (χ0n) is 7.13. The summed E-state index contributed by atoms with van der Waals surface area (Å²) >= 11 is 5.72. The molecule has 66 valence electrons. The van der Waals surface area contributed by atoms with E-state index < -0.39 is 0 Å². The first-order chi connectivity index (χ1) is 5.74. The van der Waals surface area contributed by atoms with Gasteiger partial charge in [-0.2, -0.15) is 0 Å². The highest BCUT2D eigenvalue weighted by molar-refractivity contribution is 6.29. The van der Waals surface area contributed by atoms with Gasteiger partial charge >= 0.3 is 0 Å². The predicted molar refractivity (Wildman–Crippen MR) is 51.1 cm³/mol. The lowest BCUT2D eigenvalue weighted by molar-refractivity contribution is 0.622. The fourth-order valence-electron chi connectivity index (χ4n) is 1.09. The first kappa shape index (κ1) is 9.49. The lowest BCUT2D eigenvalue weighted by Crippen LogP contribution is -2.11. The molecule has 0 aromatic carbocycles. The third-order valence-corrected chi connectivity index (χ3v) is 1.93. The summed E-state index contributed by atoms with van der Waals surface area (Å²) in [6.45, 7) is 2.10. The number of hydrogen-bond acceptors (Lipinski definition) is 2. The molecule has 0 bridgehead atoms. The largest absolute Gasteiger partial charge is 0.323 e. The van der Waals surface area contributed by atoms with Gasteiger partial charge in [0.1, 0.15) is 5.15 Å². The van der Waals surface area contributed by atoms with E-state index in [1.807, 2.05) is 12.1 Å². The molecule has 0 aliphatic heterocycles. The zero-order valence-corrected chi connectivity index (χ0v) is 7.88. The van der Waals surface area contributed by atoms with Gasteiger partial charge in [0.25, 0.3) is 0 Å². The maximum absolute atomic E-state index is 5.85. The monoisotopic (exact) mass is 184 g/mol. The van der Waals surface area contributed by atoms with Gasteiger partial charge in [0, 0.05) is 6.04 Å². The summed E-state index contributed by atoms with van der Waals surface area (Å²) in [4.78, 5) is 4.13. The Morgan fingerprint density at radius 1 is 1.58 bits per heavy atom. The molecule has 1 aromatic rings. The Bertz CT molecular complexity index is 250. The second-order valence-electron chi connectivity index (χ2n) is 2.78. The topological polar surface area (TPSA) is 38.9 Å². The first-order valence-corrected chi connectivity index (χ1v) is 4.50. The maximum Gasteiger partial charge on any atom is 0.129 e. The highest BCUT2D eigenvalue weighted by Gasteiger charge is 2.05. The van der Waals surface area contributed by atoms with E-state index in [2.05, 4.69) is 11.9 Å². The van der Waals surface area contributed by atoms with Gasteiger partial charge in [-0.3, -0.25) is 0 Å². The molecule has 0 saturated carbocycles. The van der Waals surface area contributed by atoms with E-state index in [1.165, 1.54) is 0 Å². The van der Waals surface area contributed by atoms with Crippen LogP contribution >= 0.6 is 11.6 Å². The van der Waals surface area contributed by atoms with Gasteiger partial charge in [0.2, 0.25) is 0 Å². The molecule has 0 fully saturated rings. The minimum Gasteiger partial charge on any atom is -0.323 e. The highest BCUT2D eigenvalue weighted by atomic mass is 35.5. The molecule has 0 amide bonds. The van der Waals surface area contributed by atoms with Crippen LogP contribution in [-0.4, -0.2) is 4.98 Å². The number of rotatable bonds is 3. The number of aromatic nitrogens is 1. The molecule has 0 aliphatic rings. The van der Waals surface area contributed by atoms with E-state index in [1.54, 1.807) is 6.07 Å². The van der Waals surface area contributed by atoms with E-state index in [0.29, 0.717) is 5.15 Å². The second-order valence-corrected chi connectivity index (χ2v) is 3.17. The molecule has 2 N–H and O–H groups in total. The molecule has 0 radical (unpaired) electrons. The Kier molecular flexibility index (Phi) is 3.50. The molecule has 0 aliphatic carbocycles. The number of pyridine rings is 1. The van der Waals surface area contributed by atoms with Crippen LogP contribution in [0.25, 0.3) is 0 Å². The van der Waals surface area contributed by atoms with Crippen molar-refractivity contribution in [1.82, 2.24) is 4.98 Å². The molecule has 0 saturated heterocycles. The summed E-state index contributed by atoms with van der Waals surface area (Å²) in [5, 5.41) is 0.513. The molecule has 1 unspecified atom stereocenters. The molecule has 3 heteroatoms. The van der Waals surface area contributed by atoms with Gasteiger partial charge in [-0.25, -0.2) is 4.98 Å². The molecule has 1 atom stereocenters. The van der Waals surface area contributed by atoms with Crippen molar-refractivity contribution in [1.29, 1.82) is 0 Å². The average Bonchev–Trinajstić information content (AvgIpc) is 2.05. The summed E-state index contributed by atoms with van der Waals surface area (Å²) in [7, 11) is 0. The highest BCUT2D eigenvalue weighted by Crippen LogP contribution is 2.15. The quantitative estimate of drug-likeness (QED) is 0.734. The van der Waals surface area contributed by atoms with Crippen LogP contribution in [0.15, 0.2) is 18.2 Å². The number of halogens is 1. The van der Waals surface area contributed by atoms with Gasteiger partial charge in [-0.15, -0.1) is 0 Å². The number of nitrogens with two attached hydrogens (primary N) is 1. The van der Waals surface area contributed by atoms with Crippen molar-refractivity contribution in [2.45, 2.75) is 25.8 Å². The van der Waals surface area contributed by atoms with Crippen molar-refractivity contribution >= 4 is 11.6 Å².